The molecule has 2 aliphatic heterocycles. The van der Waals surface area contributed by atoms with Gasteiger partial charge in [0.2, 0.25) is 5.95 Å². The highest BCUT2D eigenvalue weighted by Crippen LogP contribution is 2.43. The number of nitrogens with zero attached hydrogens (tertiary/aromatic N) is 5. The summed E-state index contributed by atoms with van der Waals surface area (Å²) < 4.78 is 7.83. The first kappa shape index (κ1) is 19.1. The number of halogens is 2. The second-order valence-electron chi connectivity index (χ2n) is 8.31. The lowest BCUT2D eigenvalue weighted by Crippen LogP contribution is -2.41. The van der Waals surface area contributed by atoms with Crippen LogP contribution in [0.1, 0.15) is 31.9 Å². The number of aromatic nitrogens is 4. The molecule has 2 aliphatic rings. The molecule has 8 heteroatoms. The van der Waals surface area contributed by atoms with Crippen LogP contribution in [0.25, 0.3) is 16.8 Å². The van der Waals surface area contributed by atoms with Gasteiger partial charge in [-0.2, -0.15) is 0 Å². The zero-order valence-electron chi connectivity index (χ0n) is 16.5. The van der Waals surface area contributed by atoms with Gasteiger partial charge in [0.05, 0.1) is 28.5 Å². The van der Waals surface area contributed by atoms with Crippen LogP contribution >= 0.6 is 23.2 Å². The van der Waals surface area contributed by atoms with Gasteiger partial charge in [0, 0.05) is 24.2 Å². The molecule has 2 aromatic heterocycles. The average Bonchev–Trinajstić information content (AvgIpc) is 3.32. The highest BCUT2D eigenvalue weighted by molar-refractivity contribution is 6.43. The zero-order valence-corrected chi connectivity index (χ0v) is 18.0. The Labute approximate surface area is 179 Å². The van der Waals surface area contributed by atoms with Crippen molar-refractivity contribution in [2.45, 2.75) is 39.2 Å². The van der Waals surface area contributed by atoms with Gasteiger partial charge in [-0.15, -0.1) is 10.2 Å². The Balaban J connectivity index is 1.53. The van der Waals surface area contributed by atoms with E-state index in [1.54, 1.807) is 12.4 Å². The molecule has 1 atom stereocenters. The lowest BCUT2D eigenvalue weighted by molar-refractivity contribution is 0.0975. The van der Waals surface area contributed by atoms with Crippen molar-refractivity contribution >= 4 is 34.8 Å². The predicted molar refractivity (Wildman–Crippen MR) is 115 cm³/mol. The van der Waals surface area contributed by atoms with E-state index in [0.29, 0.717) is 21.6 Å². The van der Waals surface area contributed by atoms with E-state index in [1.165, 1.54) is 0 Å². The first-order chi connectivity index (χ1) is 14.0. The van der Waals surface area contributed by atoms with E-state index in [0.717, 1.165) is 67.4 Å². The highest BCUT2D eigenvalue weighted by atomic mass is 35.5. The van der Waals surface area contributed by atoms with Crippen molar-refractivity contribution in [3.63, 3.8) is 0 Å². The summed E-state index contributed by atoms with van der Waals surface area (Å²) in [5, 5.41) is 9.57. The van der Waals surface area contributed by atoms with Crippen LogP contribution in [-0.4, -0.2) is 45.4 Å². The van der Waals surface area contributed by atoms with Crippen molar-refractivity contribution in [2.24, 2.45) is 5.41 Å². The first-order valence-electron chi connectivity index (χ1n) is 9.99. The van der Waals surface area contributed by atoms with Crippen LogP contribution in [0.3, 0.4) is 0 Å². The summed E-state index contributed by atoms with van der Waals surface area (Å²) in [4.78, 5) is 7.28. The molecule has 0 aliphatic carbocycles. The monoisotopic (exact) mass is 431 g/mol. The number of hydrogen-bond acceptors (Lipinski definition) is 5. The number of benzene rings is 1. The fourth-order valence-electron chi connectivity index (χ4n) is 4.78. The van der Waals surface area contributed by atoms with Crippen LogP contribution < -0.4 is 4.90 Å². The summed E-state index contributed by atoms with van der Waals surface area (Å²) in [5.74, 6) is 0.881. The van der Waals surface area contributed by atoms with Crippen molar-refractivity contribution in [1.82, 2.24) is 19.6 Å². The number of ether oxygens (including phenoxy) is 1. The predicted octanol–water partition coefficient (Wildman–Crippen LogP) is 4.80. The van der Waals surface area contributed by atoms with Gasteiger partial charge in [-0.3, -0.25) is 4.40 Å². The number of hydrogen-bond donors (Lipinski definition) is 0. The van der Waals surface area contributed by atoms with Crippen LogP contribution in [0, 0.1) is 12.3 Å². The van der Waals surface area contributed by atoms with E-state index in [1.807, 2.05) is 23.5 Å². The first-order valence-corrected chi connectivity index (χ1v) is 10.7. The maximum absolute atomic E-state index is 6.50. The topological polar surface area (TPSA) is 55.6 Å². The molecule has 0 amide bonds. The van der Waals surface area contributed by atoms with Crippen LogP contribution in [0.2, 0.25) is 10.0 Å². The normalized spacial score (nSPS) is 21.4. The Morgan fingerprint density at radius 2 is 2.00 bits per heavy atom. The van der Waals surface area contributed by atoms with Gasteiger partial charge in [-0.1, -0.05) is 35.3 Å². The van der Waals surface area contributed by atoms with Crippen LogP contribution in [0.4, 0.5) is 5.95 Å². The quantitative estimate of drug-likeness (QED) is 0.582. The molecule has 0 saturated carbocycles. The fourth-order valence-corrected chi connectivity index (χ4v) is 5.18. The molecule has 0 bridgehead atoms. The Bertz CT molecular complexity index is 1070. The van der Waals surface area contributed by atoms with Crippen LogP contribution in [0.15, 0.2) is 24.5 Å². The Morgan fingerprint density at radius 1 is 1.21 bits per heavy atom. The van der Waals surface area contributed by atoms with E-state index in [-0.39, 0.29) is 0 Å². The Hall–Kier alpha value is -1.89. The number of fused-ring (bicyclic) bond motifs is 1. The van der Waals surface area contributed by atoms with Crippen molar-refractivity contribution < 1.29 is 4.74 Å². The number of anilines is 1. The van der Waals surface area contributed by atoms with E-state index >= 15 is 0 Å². The molecule has 0 unspecified atom stereocenters. The van der Waals surface area contributed by atoms with Crippen molar-refractivity contribution in [3.05, 3.63) is 40.3 Å². The van der Waals surface area contributed by atoms with Gasteiger partial charge in [0.15, 0.2) is 5.65 Å². The van der Waals surface area contributed by atoms with Crippen molar-refractivity contribution in [2.75, 3.05) is 24.6 Å². The summed E-state index contributed by atoms with van der Waals surface area (Å²) >= 11 is 12.7. The number of aryl methyl sites for hydroxylation is 1. The summed E-state index contributed by atoms with van der Waals surface area (Å²) in [5.41, 5.74) is 3.62. The minimum Gasteiger partial charge on any atom is -0.378 e. The third-order valence-corrected chi connectivity index (χ3v) is 7.16. The summed E-state index contributed by atoms with van der Waals surface area (Å²) in [6, 6.07) is 5.61. The number of rotatable bonds is 2. The molecule has 0 N–H and O–H groups in total. The summed E-state index contributed by atoms with van der Waals surface area (Å²) in [7, 11) is 0. The van der Waals surface area contributed by atoms with E-state index < -0.39 is 0 Å². The van der Waals surface area contributed by atoms with Gasteiger partial charge in [-0.25, -0.2) is 4.98 Å². The Morgan fingerprint density at radius 3 is 2.72 bits per heavy atom. The highest BCUT2D eigenvalue weighted by Gasteiger charge is 2.41. The minimum atomic E-state index is 0.325. The van der Waals surface area contributed by atoms with Crippen molar-refractivity contribution in [3.8, 4) is 11.1 Å². The fraction of sp³-hybridized carbons (Fsp3) is 0.476. The average molecular weight is 432 g/mol. The molecular formula is C21H23Cl2N5O. The molecule has 4 heterocycles. The van der Waals surface area contributed by atoms with E-state index in [4.69, 9.17) is 32.9 Å². The van der Waals surface area contributed by atoms with Gasteiger partial charge in [0.25, 0.3) is 0 Å². The molecule has 1 spiro atoms. The molecule has 2 fully saturated rings. The van der Waals surface area contributed by atoms with Crippen LogP contribution in [-0.2, 0) is 4.74 Å². The molecular weight excluding hydrogens is 409 g/mol. The second-order valence-corrected chi connectivity index (χ2v) is 9.10. The SMILES string of the molecule is Cc1nc(N2CCC3(CC2)CO[C@@H](C)C3)n2cnnc2c1-c1cccc(Cl)c1Cl. The maximum atomic E-state index is 6.50. The van der Waals surface area contributed by atoms with E-state index in [2.05, 4.69) is 22.0 Å². The zero-order chi connectivity index (χ0) is 20.2. The molecule has 152 valence electrons. The number of piperidine rings is 1. The third kappa shape index (κ3) is 3.18. The molecule has 2 saturated heterocycles. The largest absolute Gasteiger partial charge is 0.378 e. The van der Waals surface area contributed by atoms with Gasteiger partial charge in [-0.05, 0) is 44.6 Å². The molecule has 5 rings (SSSR count). The second kappa shape index (κ2) is 7.11. The van der Waals surface area contributed by atoms with Crippen molar-refractivity contribution in [1.29, 1.82) is 0 Å². The van der Waals surface area contributed by atoms with Crippen LogP contribution in [0.5, 0.6) is 0 Å². The lowest BCUT2D eigenvalue weighted by atomic mass is 9.77. The van der Waals surface area contributed by atoms with Gasteiger partial charge in [0.1, 0.15) is 6.33 Å². The maximum Gasteiger partial charge on any atom is 0.212 e. The smallest absolute Gasteiger partial charge is 0.212 e. The van der Waals surface area contributed by atoms with Gasteiger partial charge < -0.3 is 9.64 Å². The molecule has 3 aromatic rings. The standard InChI is InChI=1S/C21H23Cl2N5O/c1-13-10-21(11-29-13)6-8-27(9-7-21)20-25-14(2)17(19-26-24-12-28(19)20)15-4-3-5-16(22)18(15)23/h3-5,12-13H,6-11H2,1-2H3/t13-/m0/s1. The minimum absolute atomic E-state index is 0.325. The molecule has 6 nitrogen and oxygen atoms in total. The Kier molecular flexibility index (Phi) is 4.68. The van der Waals surface area contributed by atoms with Gasteiger partial charge >= 0.3 is 0 Å². The molecule has 0 radical (unpaired) electrons. The molecule has 1 aromatic carbocycles. The van der Waals surface area contributed by atoms with E-state index in [9.17, 15) is 0 Å². The third-order valence-electron chi connectivity index (χ3n) is 6.34. The summed E-state index contributed by atoms with van der Waals surface area (Å²) in [6.45, 7) is 6.94. The molecule has 29 heavy (non-hydrogen) atoms. The summed E-state index contributed by atoms with van der Waals surface area (Å²) in [6.07, 6.45) is 5.48. The lowest BCUT2D eigenvalue weighted by Gasteiger charge is -2.39.